The quantitative estimate of drug-likeness (QED) is 0.651. The fraction of sp³-hybridized carbons (Fsp3) is 0.500. The molecule has 1 aliphatic rings. The number of aromatic amines is 1. The van der Waals surface area contributed by atoms with E-state index in [0.717, 1.165) is 34.7 Å². The van der Waals surface area contributed by atoms with Gasteiger partial charge in [0.05, 0.1) is 16.6 Å². The number of benzene rings is 1. The molecular weight excluding hydrogens is 320 g/mol. The normalized spacial score (nSPS) is 18.3. The van der Waals surface area contributed by atoms with Crippen molar-refractivity contribution >= 4 is 11.0 Å². The Morgan fingerprint density at radius 2 is 1.50 bits per heavy atom. The maximum Gasteiger partial charge on any atom is 0.141 e. The minimum absolute atomic E-state index is 0.0512. The predicted octanol–water partition coefficient (Wildman–Crippen LogP) is 5.28. The van der Waals surface area contributed by atoms with Gasteiger partial charge in [0, 0.05) is 17.8 Å². The minimum Gasteiger partial charge on any atom is -0.338 e. The zero-order chi connectivity index (χ0) is 18.9. The fourth-order valence-corrected chi connectivity index (χ4v) is 4.45. The van der Waals surface area contributed by atoms with Crippen molar-refractivity contribution in [3.63, 3.8) is 0 Å². The van der Waals surface area contributed by atoms with Crippen LogP contribution in [0.4, 0.5) is 0 Å². The molecule has 0 atom stereocenters. The predicted molar refractivity (Wildman–Crippen MR) is 106 cm³/mol. The van der Waals surface area contributed by atoms with Crippen molar-refractivity contribution in [2.24, 2.45) is 0 Å². The van der Waals surface area contributed by atoms with Gasteiger partial charge in [-0.1, -0.05) is 48.5 Å². The van der Waals surface area contributed by atoms with Crippen molar-refractivity contribution in [1.82, 2.24) is 19.9 Å². The smallest absolute Gasteiger partial charge is 0.141 e. The number of hydrogen-bond acceptors (Lipinski definition) is 3. The number of hydrogen-bond donors (Lipinski definition) is 1. The van der Waals surface area contributed by atoms with Gasteiger partial charge in [-0.05, 0) is 40.5 Å². The van der Waals surface area contributed by atoms with Crippen molar-refractivity contribution in [2.75, 3.05) is 0 Å². The Kier molecular flexibility index (Phi) is 3.41. The van der Waals surface area contributed by atoms with E-state index in [9.17, 15) is 0 Å². The first-order valence-corrected chi connectivity index (χ1v) is 9.35. The molecule has 26 heavy (non-hydrogen) atoms. The maximum absolute atomic E-state index is 4.83. The van der Waals surface area contributed by atoms with E-state index in [2.05, 4.69) is 75.6 Å². The monoisotopic (exact) mass is 348 g/mol. The van der Waals surface area contributed by atoms with Crippen LogP contribution in [-0.4, -0.2) is 19.9 Å². The largest absolute Gasteiger partial charge is 0.338 e. The summed E-state index contributed by atoms with van der Waals surface area (Å²) in [7, 11) is 0. The lowest BCUT2D eigenvalue weighted by molar-refractivity contribution is 0.403. The van der Waals surface area contributed by atoms with E-state index in [1.807, 2.05) is 12.4 Å². The Labute approximate surface area is 155 Å². The Morgan fingerprint density at radius 3 is 2.08 bits per heavy atom. The highest BCUT2D eigenvalue weighted by atomic mass is 14.9. The van der Waals surface area contributed by atoms with E-state index in [0.29, 0.717) is 0 Å². The van der Waals surface area contributed by atoms with Crippen LogP contribution in [0.25, 0.3) is 22.4 Å². The molecule has 1 N–H and O–H groups in total. The van der Waals surface area contributed by atoms with Crippen LogP contribution in [0.15, 0.2) is 24.5 Å². The molecule has 0 saturated carbocycles. The van der Waals surface area contributed by atoms with Crippen LogP contribution in [0.1, 0.15) is 71.8 Å². The zero-order valence-electron chi connectivity index (χ0n) is 16.9. The van der Waals surface area contributed by atoms with Gasteiger partial charge in [-0.25, -0.2) is 15.0 Å². The van der Waals surface area contributed by atoms with Crippen molar-refractivity contribution in [2.45, 2.75) is 71.1 Å². The Morgan fingerprint density at radius 1 is 0.923 bits per heavy atom. The Balaban J connectivity index is 1.80. The standard InChI is InChI=1S/C22H28N4/c1-20(2,3)19-23-10-13(11-24-19)18-25-16-8-14-15(9-17(16)26-18)22(6,7)12-21(14,4)5/h8-11H,12H2,1-7H3,(H,25,26). The number of fused-ring (bicyclic) bond motifs is 2. The Hall–Kier alpha value is -2.23. The van der Waals surface area contributed by atoms with Crippen LogP contribution >= 0.6 is 0 Å². The summed E-state index contributed by atoms with van der Waals surface area (Å²) in [5, 5.41) is 0. The van der Waals surface area contributed by atoms with E-state index in [-0.39, 0.29) is 16.2 Å². The number of nitrogens with zero attached hydrogens (tertiary/aromatic N) is 3. The lowest BCUT2D eigenvalue weighted by atomic mass is 9.82. The highest BCUT2D eigenvalue weighted by molar-refractivity contribution is 5.82. The van der Waals surface area contributed by atoms with E-state index in [4.69, 9.17) is 4.98 Å². The second-order valence-electron chi connectivity index (χ2n) is 9.99. The second kappa shape index (κ2) is 5.15. The first kappa shape index (κ1) is 17.2. The molecule has 0 aliphatic heterocycles. The molecule has 0 unspecified atom stereocenters. The number of imidazole rings is 1. The lowest BCUT2D eigenvalue weighted by Gasteiger charge is -2.22. The van der Waals surface area contributed by atoms with E-state index in [1.54, 1.807) is 0 Å². The van der Waals surface area contributed by atoms with Crippen LogP contribution < -0.4 is 0 Å². The average molecular weight is 348 g/mol. The van der Waals surface area contributed by atoms with Crippen molar-refractivity contribution in [3.8, 4) is 11.4 Å². The summed E-state index contributed by atoms with van der Waals surface area (Å²) in [6.07, 6.45) is 4.90. The topological polar surface area (TPSA) is 54.5 Å². The van der Waals surface area contributed by atoms with E-state index in [1.165, 1.54) is 11.1 Å². The molecule has 4 rings (SSSR count). The van der Waals surface area contributed by atoms with Crippen LogP contribution in [0.3, 0.4) is 0 Å². The van der Waals surface area contributed by atoms with Gasteiger partial charge in [0.15, 0.2) is 0 Å². The zero-order valence-corrected chi connectivity index (χ0v) is 16.9. The maximum atomic E-state index is 4.83. The molecule has 3 aromatic rings. The molecule has 1 aliphatic carbocycles. The van der Waals surface area contributed by atoms with Crippen molar-refractivity contribution in [3.05, 3.63) is 41.5 Å². The molecule has 1 aromatic carbocycles. The third-order valence-electron chi connectivity index (χ3n) is 5.56. The van der Waals surface area contributed by atoms with Gasteiger partial charge in [0.25, 0.3) is 0 Å². The van der Waals surface area contributed by atoms with Gasteiger partial charge in [-0.3, -0.25) is 0 Å². The van der Waals surface area contributed by atoms with Gasteiger partial charge in [-0.15, -0.1) is 0 Å². The van der Waals surface area contributed by atoms with E-state index >= 15 is 0 Å². The molecule has 0 radical (unpaired) electrons. The van der Waals surface area contributed by atoms with Crippen molar-refractivity contribution < 1.29 is 0 Å². The minimum atomic E-state index is -0.0512. The highest BCUT2D eigenvalue weighted by Crippen LogP contribution is 2.50. The summed E-state index contributed by atoms with van der Waals surface area (Å²) < 4.78 is 0. The fourth-order valence-electron chi connectivity index (χ4n) is 4.45. The number of nitrogens with one attached hydrogen (secondary N) is 1. The molecule has 0 amide bonds. The summed E-state index contributed by atoms with van der Waals surface area (Å²) in [5.74, 6) is 1.68. The molecule has 4 nitrogen and oxygen atoms in total. The number of H-pyrrole nitrogens is 1. The van der Waals surface area contributed by atoms with Gasteiger partial charge < -0.3 is 4.98 Å². The third-order valence-corrected chi connectivity index (χ3v) is 5.56. The van der Waals surface area contributed by atoms with Gasteiger partial charge in [0.2, 0.25) is 0 Å². The molecule has 136 valence electrons. The summed E-state index contributed by atoms with van der Waals surface area (Å²) in [4.78, 5) is 17.4. The molecular formula is C22H28N4. The number of aromatic nitrogens is 4. The molecule has 0 spiro atoms. The highest BCUT2D eigenvalue weighted by Gasteiger charge is 2.42. The van der Waals surface area contributed by atoms with Crippen LogP contribution in [-0.2, 0) is 16.2 Å². The third kappa shape index (κ3) is 2.63. The second-order valence-corrected chi connectivity index (χ2v) is 9.99. The summed E-state index contributed by atoms with van der Waals surface area (Å²) >= 11 is 0. The summed E-state index contributed by atoms with van der Waals surface area (Å²) in [5.41, 5.74) is 6.21. The molecule has 4 heteroatoms. The molecule has 2 heterocycles. The van der Waals surface area contributed by atoms with Crippen LogP contribution in [0.2, 0.25) is 0 Å². The molecule has 2 aromatic heterocycles. The van der Waals surface area contributed by atoms with Gasteiger partial charge in [0.1, 0.15) is 11.6 Å². The first-order valence-electron chi connectivity index (χ1n) is 9.35. The van der Waals surface area contributed by atoms with Gasteiger partial charge >= 0.3 is 0 Å². The molecule has 0 fully saturated rings. The lowest BCUT2D eigenvalue weighted by Crippen LogP contribution is -2.17. The van der Waals surface area contributed by atoms with Crippen LogP contribution in [0.5, 0.6) is 0 Å². The molecule has 0 bridgehead atoms. The SMILES string of the molecule is CC(C)(C)c1ncc(-c2nc3cc4c(cc3[nH]2)C(C)(C)CC4(C)C)cn1. The summed E-state index contributed by atoms with van der Waals surface area (Å²) in [6, 6.07) is 4.56. The number of rotatable bonds is 1. The molecule has 0 saturated heterocycles. The summed E-state index contributed by atoms with van der Waals surface area (Å²) in [6.45, 7) is 15.7. The van der Waals surface area contributed by atoms with Crippen LogP contribution in [0, 0.1) is 0 Å². The first-order chi connectivity index (χ1) is 12.0. The van der Waals surface area contributed by atoms with E-state index < -0.39 is 0 Å². The Bertz CT molecular complexity index is 934. The average Bonchev–Trinajstić information content (AvgIpc) is 3.01. The van der Waals surface area contributed by atoms with Crippen molar-refractivity contribution in [1.29, 1.82) is 0 Å². The van der Waals surface area contributed by atoms with Gasteiger partial charge in [-0.2, -0.15) is 0 Å².